The number of nitrogens with zero attached hydrogens (tertiary/aromatic N) is 3. The molecule has 0 atom stereocenters. The van der Waals surface area contributed by atoms with Gasteiger partial charge in [-0.1, -0.05) is 0 Å². The molecule has 5 heteroatoms. The van der Waals surface area contributed by atoms with Gasteiger partial charge in [0, 0.05) is 36.7 Å². The summed E-state index contributed by atoms with van der Waals surface area (Å²) in [5.41, 5.74) is 1.50. The lowest BCUT2D eigenvalue weighted by Crippen LogP contribution is -2.34. The van der Waals surface area contributed by atoms with Gasteiger partial charge < -0.3 is 14.6 Å². The molecule has 0 bridgehead atoms. The first-order valence-electron chi connectivity index (χ1n) is 5.92. The number of imidazole rings is 1. The van der Waals surface area contributed by atoms with Gasteiger partial charge in [0.2, 0.25) is 0 Å². The molecule has 4 nitrogen and oxygen atoms in total. The third kappa shape index (κ3) is 1.86. The number of hydrogen-bond acceptors (Lipinski definition) is 3. The van der Waals surface area contributed by atoms with Gasteiger partial charge in [-0.2, -0.15) is 0 Å². The van der Waals surface area contributed by atoms with Crippen molar-refractivity contribution in [2.45, 2.75) is 19.7 Å². The summed E-state index contributed by atoms with van der Waals surface area (Å²) >= 11 is 0. The van der Waals surface area contributed by atoms with E-state index >= 15 is 0 Å². The molecular weight excluding hydrogens is 233 g/mol. The Kier molecular flexibility index (Phi) is 2.76. The molecule has 0 unspecified atom stereocenters. The van der Waals surface area contributed by atoms with Crippen LogP contribution in [0, 0.1) is 5.82 Å². The van der Waals surface area contributed by atoms with Crippen molar-refractivity contribution in [2.75, 3.05) is 11.4 Å². The number of aliphatic hydroxyl groups is 1. The Balaban J connectivity index is 1.93. The average Bonchev–Trinajstić information content (AvgIpc) is 2.85. The van der Waals surface area contributed by atoms with Crippen molar-refractivity contribution < 1.29 is 9.50 Å². The van der Waals surface area contributed by atoms with Gasteiger partial charge in [-0.25, -0.2) is 9.37 Å². The molecule has 18 heavy (non-hydrogen) atoms. The Bertz CT molecular complexity index is 567. The molecular formula is C13H14FN3O. The summed E-state index contributed by atoms with van der Waals surface area (Å²) in [5.74, 6) is 0.677. The zero-order chi connectivity index (χ0) is 12.5. The van der Waals surface area contributed by atoms with Crippen LogP contribution in [0.5, 0.6) is 0 Å². The maximum atomic E-state index is 13.1. The van der Waals surface area contributed by atoms with E-state index in [9.17, 15) is 9.50 Å². The van der Waals surface area contributed by atoms with Crippen molar-refractivity contribution in [1.29, 1.82) is 0 Å². The number of benzene rings is 1. The van der Waals surface area contributed by atoms with Crippen LogP contribution >= 0.6 is 0 Å². The van der Waals surface area contributed by atoms with Crippen molar-refractivity contribution >= 4 is 5.69 Å². The van der Waals surface area contributed by atoms with Crippen molar-refractivity contribution in [3.8, 4) is 0 Å². The van der Waals surface area contributed by atoms with Crippen LogP contribution < -0.4 is 4.90 Å². The monoisotopic (exact) mass is 247 g/mol. The minimum Gasteiger partial charge on any atom is -0.392 e. The fourth-order valence-corrected chi connectivity index (χ4v) is 2.37. The summed E-state index contributed by atoms with van der Waals surface area (Å²) in [6.45, 7) is 2.23. The van der Waals surface area contributed by atoms with Crippen molar-refractivity contribution in [2.24, 2.45) is 0 Å². The van der Waals surface area contributed by atoms with E-state index < -0.39 is 0 Å². The summed E-state index contributed by atoms with van der Waals surface area (Å²) < 4.78 is 15.3. The van der Waals surface area contributed by atoms with Gasteiger partial charge in [0.05, 0.1) is 13.2 Å². The lowest BCUT2D eigenvalue weighted by Gasteiger charge is -2.31. The Labute approximate surface area is 104 Å². The quantitative estimate of drug-likeness (QED) is 0.875. The van der Waals surface area contributed by atoms with Gasteiger partial charge in [0.25, 0.3) is 0 Å². The van der Waals surface area contributed by atoms with Crippen LogP contribution in [0.4, 0.5) is 10.1 Å². The topological polar surface area (TPSA) is 41.3 Å². The molecule has 0 saturated carbocycles. The van der Waals surface area contributed by atoms with E-state index in [4.69, 9.17) is 0 Å². The summed E-state index contributed by atoms with van der Waals surface area (Å²) in [6.07, 6.45) is 3.75. The van der Waals surface area contributed by atoms with Crippen LogP contribution in [-0.2, 0) is 19.7 Å². The Hall–Kier alpha value is -1.88. The van der Waals surface area contributed by atoms with Crippen molar-refractivity contribution in [3.05, 3.63) is 47.8 Å². The lowest BCUT2D eigenvalue weighted by molar-refractivity contribution is 0.281. The highest BCUT2D eigenvalue weighted by molar-refractivity contribution is 5.54. The lowest BCUT2D eigenvalue weighted by atomic mass is 10.1. The van der Waals surface area contributed by atoms with Crippen LogP contribution in [0.2, 0.25) is 0 Å². The van der Waals surface area contributed by atoms with Crippen molar-refractivity contribution in [1.82, 2.24) is 9.55 Å². The molecule has 0 aliphatic carbocycles. The van der Waals surface area contributed by atoms with E-state index in [1.807, 2.05) is 6.20 Å². The molecule has 2 heterocycles. The number of aliphatic hydroxyl groups excluding tert-OH is 1. The number of hydrogen-bond donors (Lipinski definition) is 1. The molecule has 1 aromatic carbocycles. The van der Waals surface area contributed by atoms with Crippen LogP contribution in [0.25, 0.3) is 0 Å². The second-order valence-corrected chi connectivity index (χ2v) is 4.39. The van der Waals surface area contributed by atoms with Crippen LogP contribution in [0.15, 0.2) is 30.6 Å². The number of rotatable bonds is 2. The maximum absolute atomic E-state index is 13.1. The van der Waals surface area contributed by atoms with Gasteiger partial charge in [-0.15, -0.1) is 0 Å². The summed E-state index contributed by atoms with van der Waals surface area (Å²) in [6, 6.07) is 4.53. The third-order valence-corrected chi connectivity index (χ3v) is 3.30. The minimum absolute atomic E-state index is 0.155. The molecule has 0 spiro atoms. The van der Waals surface area contributed by atoms with Crippen molar-refractivity contribution in [3.63, 3.8) is 0 Å². The smallest absolute Gasteiger partial charge is 0.128 e. The standard InChI is InChI=1S/C13H14FN3O/c14-11-1-2-12(10(7-11)9-18)17-6-5-16-4-3-15-13(16)8-17/h1-4,7,18H,5-6,8-9H2. The zero-order valence-corrected chi connectivity index (χ0v) is 9.88. The van der Waals surface area contributed by atoms with E-state index in [2.05, 4.69) is 14.5 Å². The molecule has 0 radical (unpaired) electrons. The van der Waals surface area contributed by atoms with E-state index in [-0.39, 0.29) is 12.4 Å². The molecule has 94 valence electrons. The highest BCUT2D eigenvalue weighted by atomic mass is 19.1. The fourth-order valence-electron chi connectivity index (χ4n) is 2.37. The van der Waals surface area contributed by atoms with Gasteiger partial charge >= 0.3 is 0 Å². The Morgan fingerprint density at radius 3 is 3.06 bits per heavy atom. The minimum atomic E-state index is -0.318. The Morgan fingerprint density at radius 1 is 1.33 bits per heavy atom. The molecule has 1 aromatic heterocycles. The van der Waals surface area contributed by atoms with Crippen LogP contribution in [0.1, 0.15) is 11.4 Å². The van der Waals surface area contributed by atoms with E-state index in [0.29, 0.717) is 12.1 Å². The zero-order valence-electron chi connectivity index (χ0n) is 9.88. The second-order valence-electron chi connectivity index (χ2n) is 4.39. The van der Waals surface area contributed by atoms with Gasteiger partial charge in [0.1, 0.15) is 11.6 Å². The average molecular weight is 247 g/mol. The highest BCUT2D eigenvalue weighted by Gasteiger charge is 2.19. The maximum Gasteiger partial charge on any atom is 0.128 e. The van der Waals surface area contributed by atoms with Gasteiger partial charge in [0.15, 0.2) is 0 Å². The van der Waals surface area contributed by atoms with Gasteiger partial charge in [-0.3, -0.25) is 0 Å². The Morgan fingerprint density at radius 2 is 2.22 bits per heavy atom. The number of halogens is 1. The third-order valence-electron chi connectivity index (χ3n) is 3.30. The number of anilines is 1. The first-order valence-corrected chi connectivity index (χ1v) is 5.92. The normalized spacial score (nSPS) is 14.7. The molecule has 0 saturated heterocycles. The van der Waals surface area contributed by atoms with E-state index in [0.717, 1.165) is 24.6 Å². The molecule has 1 N–H and O–H groups in total. The summed E-state index contributed by atoms with van der Waals surface area (Å²) in [7, 11) is 0. The molecule has 3 rings (SSSR count). The SMILES string of the molecule is OCc1cc(F)ccc1N1CCn2ccnc2C1. The fraction of sp³-hybridized carbons (Fsp3) is 0.308. The molecule has 1 aliphatic rings. The van der Waals surface area contributed by atoms with E-state index in [1.54, 1.807) is 12.3 Å². The first-order chi connectivity index (χ1) is 8.78. The second kappa shape index (κ2) is 4.42. The van der Waals surface area contributed by atoms with E-state index in [1.165, 1.54) is 12.1 Å². The molecule has 0 fully saturated rings. The summed E-state index contributed by atoms with van der Waals surface area (Å²) in [4.78, 5) is 6.41. The molecule has 2 aromatic rings. The van der Waals surface area contributed by atoms with Gasteiger partial charge in [-0.05, 0) is 18.2 Å². The molecule has 0 amide bonds. The van der Waals surface area contributed by atoms with Crippen LogP contribution in [0.3, 0.4) is 0 Å². The first kappa shape index (κ1) is 11.2. The summed E-state index contributed by atoms with van der Waals surface area (Å²) in [5, 5.41) is 9.31. The largest absolute Gasteiger partial charge is 0.392 e. The predicted molar refractivity (Wildman–Crippen MR) is 65.6 cm³/mol. The predicted octanol–water partition coefficient (Wildman–Crippen LogP) is 1.53. The number of fused-ring (bicyclic) bond motifs is 1. The molecule has 1 aliphatic heterocycles. The highest BCUT2D eigenvalue weighted by Crippen LogP contribution is 2.25. The number of aromatic nitrogens is 2. The van der Waals surface area contributed by atoms with Crippen LogP contribution in [-0.4, -0.2) is 21.2 Å².